The van der Waals surface area contributed by atoms with Crippen molar-refractivity contribution < 1.29 is 4.79 Å². The van der Waals surface area contributed by atoms with Crippen LogP contribution in [-0.4, -0.2) is 31.3 Å². The number of nitrogens with one attached hydrogen (secondary N) is 2. The predicted octanol–water partition coefficient (Wildman–Crippen LogP) is 0.0304. The fraction of sp³-hybridized carbons (Fsp3) is 0.857. The van der Waals surface area contributed by atoms with E-state index in [4.69, 9.17) is 0 Å². The summed E-state index contributed by atoms with van der Waals surface area (Å²) in [5.74, 6) is 0.682. The number of amides is 1. The molecule has 66 valence electrons. The molecule has 0 heterocycles. The lowest BCUT2D eigenvalue weighted by atomic mass is 10.3. The Bertz CT molecular complexity index is 119. The van der Waals surface area contributed by atoms with Crippen LogP contribution in [0.3, 0.4) is 0 Å². The Morgan fingerprint density at radius 1 is 1.64 bits per heavy atom. The Labute approximate surface area is 73.3 Å². The highest BCUT2D eigenvalue weighted by molar-refractivity contribution is 7.80. The summed E-state index contributed by atoms with van der Waals surface area (Å²) < 4.78 is 0. The van der Waals surface area contributed by atoms with Crippen molar-refractivity contribution in [2.24, 2.45) is 0 Å². The molecule has 0 aromatic heterocycles. The molecular weight excluding hydrogens is 160 g/mol. The first-order valence-electron chi connectivity index (χ1n) is 3.75. The molecule has 0 saturated heterocycles. The number of carbonyl (C=O) groups excluding carboxylic acids is 1. The summed E-state index contributed by atoms with van der Waals surface area (Å²) in [6.07, 6.45) is 0.500. The molecule has 1 amide bonds. The van der Waals surface area contributed by atoms with Crippen LogP contribution in [0.2, 0.25) is 0 Å². The van der Waals surface area contributed by atoms with Gasteiger partial charge in [0.15, 0.2) is 0 Å². The molecule has 0 saturated carbocycles. The third-order valence-corrected chi connectivity index (χ3v) is 1.66. The van der Waals surface area contributed by atoms with Crippen LogP contribution < -0.4 is 10.6 Å². The SMILES string of the molecule is CNC(C)CNC(=O)CCS. The minimum absolute atomic E-state index is 0.0714. The highest BCUT2D eigenvalue weighted by atomic mass is 32.1. The first kappa shape index (κ1) is 10.8. The van der Waals surface area contributed by atoms with Crippen LogP contribution in [0.15, 0.2) is 0 Å². The van der Waals surface area contributed by atoms with Crippen molar-refractivity contribution in [1.29, 1.82) is 0 Å². The van der Waals surface area contributed by atoms with Gasteiger partial charge in [0, 0.05) is 19.0 Å². The lowest BCUT2D eigenvalue weighted by molar-refractivity contribution is -0.120. The third-order valence-electron chi connectivity index (χ3n) is 1.44. The van der Waals surface area contributed by atoms with E-state index in [0.29, 0.717) is 24.8 Å². The van der Waals surface area contributed by atoms with Crippen molar-refractivity contribution in [3.05, 3.63) is 0 Å². The molecule has 4 heteroatoms. The average molecular weight is 176 g/mol. The summed E-state index contributed by atoms with van der Waals surface area (Å²) in [4.78, 5) is 10.9. The average Bonchev–Trinajstić information content (AvgIpc) is 2.01. The van der Waals surface area contributed by atoms with Crippen LogP contribution in [-0.2, 0) is 4.79 Å². The van der Waals surface area contributed by atoms with Gasteiger partial charge in [-0.1, -0.05) is 0 Å². The van der Waals surface area contributed by atoms with Crippen molar-refractivity contribution in [3.8, 4) is 0 Å². The topological polar surface area (TPSA) is 41.1 Å². The van der Waals surface area contributed by atoms with Gasteiger partial charge in [-0.25, -0.2) is 0 Å². The summed E-state index contributed by atoms with van der Waals surface area (Å²) in [6.45, 7) is 2.70. The normalized spacial score (nSPS) is 12.6. The highest BCUT2D eigenvalue weighted by Crippen LogP contribution is 1.83. The minimum atomic E-state index is 0.0714. The summed E-state index contributed by atoms with van der Waals surface area (Å²) in [7, 11) is 1.87. The molecule has 0 aromatic rings. The molecule has 1 unspecified atom stereocenters. The second-order valence-corrected chi connectivity index (χ2v) is 2.91. The van der Waals surface area contributed by atoms with Gasteiger partial charge < -0.3 is 10.6 Å². The Morgan fingerprint density at radius 2 is 2.27 bits per heavy atom. The van der Waals surface area contributed by atoms with Crippen LogP contribution >= 0.6 is 12.6 Å². The Balaban J connectivity index is 3.30. The molecule has 0 bridgehead atoms. The molecule has 0 fully saturated rings. The number of thiol groups is 1. The molecule has 3 nitrogen and oxygen atoms in total. The second-order valence-electron chi connectivity index (χ2n) is 2.47. The maximum Gasteiger partial charge on any atom is 0.220 e. The van der Waals surface area contributed by atoms with Gasteiger partial charge in [0.2, 0.25) is 5.91 Å². The van der Waals surface area contributed by atoms with Gasteiger partial charge in [0.1, 0.15) is 0 Å². The zero-order chi connectivity index (χ0) is 8.69. The Kier molecular flexibility index (Phi) is 6.36. The van der Waals surface area contributed by atoms with Crippen molar-refractivity contribution in [2.45, 2.75) is 19.4 Å². The van der Waals surface area contributed by atoms with Gasteiger partial charge >= 0.3 is 0 Å². The zero-order valence-corrected chi connectivity index (χ0v) is 7.95. The van der Waals surface area contributed by atoms with Gasteiger partial charge in [0.05, 0.1) is 0 Å². The molecular formula is C7H16N2OS. The van der Waals surface area contributed by atoms with E-state index in [1.54, 1.807) is 0 Å². The minimum Gasteiger partial charge on any atom is -0.355 e. The van der Waals surface area contributed by atoms with Gasteiger partial charge in [-0.05, 0) is 19.7 Å². The smallest absolute Gasteiger partial charge is 0.220 e. The number of likely N-dealkylation sites (N-methyl/N-ethyl adjacent to an activating group) is 1. The predicted molar refractivity (Wildman–Crippen MR) is 50.0 cm³/mol. The molecule has 0 spiro atoms. The Morgan fingerprint density at radius 3 is 2.73 bits per heavy atom. The van der Waals surface area contributed by atoms with E-state index in [1.807, 2.05) is 14.0 Å². The summed E-state index contributed by atoms with van der Waals surface area (Å²) in [6, 6.07) is 0.332. The first-order valence-corrected chi connectivity index (χ1v) is 4.38. The number of carbonyl (C=O) groups is 1. The van der Waals surface area contributed by atoms with Gasteiger partial charge in [0.25, 0.3) is 0 Å². The van der Waals surface area contributed by atoms with Crippen molar-refractivity contribution in [1.82, 2.24) is 10.6 Å². The van der Waals surface area contributed by atoms with Crippen molar-refractivity contribution in [3.63, 3.8) is 0 Å². The largest absolute Gasteiger partial charge is 0.355 e. The van der Waals surface area contributed by atoms with Gasteiger partial charge in [-0.3, -0.25) is 4.79 Å². The number of hydrogen-bond donors (Lipinski definition) is 3. The number of hydrogen-bond acceptors (Lipinski definition) is 3. The number of rotatable bonds is 5. The van der Waals surface area contributed by atoms with Gasteiger partial charge in [-0.2, -0.15) is 12.6 Å². The molecule has 0 aliphatic heterocycles. The van der Waals surface area contributed by atoms with Crippen LogP contribution in [0.4, 0.5) is 0 Å². The Hall–Kier alpha value is -0.220. The second kappa shape index (κ2) is 6.49. The molecule has 0 aliphatic rings. The van der Waals surface area contributed by atoms with Crippen molar-refractivity contribution in [2.75, 3.05) is 19.3 Å². The van der Waals surface area contributed by atoms with E-state index in [-0.39, 0.29) is 5.91 Å². The summed E-state index contributed by atoms with van der Waals surface area (Å²) >= 11 is 3.95. The first-order chi connectivity index (χ1) is 5.20. The van der Waals surface area contributed by atoms with E-state index in [9.17, 15) is 4.79 Å². The fourth-order valence-corrected chi connectivity index (χ4v) is 0.762. The van der Waals surface area contributed by atoms with Crippen LogP contribution in [0, 0.1) is 0 Å². The summed E-state index contributed by atoms with van der Waals surface area (Å²) in [5, 5.41) is 5.81. The van der Waals surface area contributed by atoms with E-state index in [2.05, 4.69) is 23.3 Å². The van der Waals surface area contributed by atoms with Crippen LogP contribution in [0.25, 0.3) is 0 Å². The van der Waals surface area contributed by atoms with Crippen LogP contribution in [0.1, 0.15) is 13.3 Å². The molecule has 0 aromatic carbocycles. The fourth-order valence-electron chi connectivity index (χ4n) is 0.559. The molecule has 11 heavy (non-hydrogen) atoms. The van der Waals surface area contributed by atoms with E-state index in [0.717, 1.165) is 0 Å². The lowest BCUT2D eigenvalue weighted by Gasteiger charge is -2.10. The molecule has 0 aliphatic carbocycles. The zero-order valence-electron chi connectivity index (χ0n) is 7.05. The molecule has 1 atom stereocenters. The lowest BCUT2D eigenvalue weighted by Crippen LogP contribution is -2.37. The maximum absolute atomic E-state index is 10.9. The maximum atomic E-state index is 10.9. The van der Waals surface area contributed by atoms with E-state index >= 15 is 0 Å². The standard InChI is InChI=1S/C7H16N2OS/c1-6(8-2)5-9-7(10)3-4-11/h6,8,11H,3-5H2,1-2H3,(H,9,10). The molecule has 2 N–H and O–H groups in total. The third kappa shape index (κ3) is 6.19. The van der Waals surface area contributed by atoms with Gasteiger partial charge in [-0.15, -0.1) is 0 Å². The highest BCUT2D eigenvalue weighted by Gasteiger charge is 2.01. The molecule has 0 rings (SSSR count). The quantitative estimate of drug-likeness (QED) is 0.517. The van der Waals surface area contributed by atoms with E-state index in [1.165, 1.54) is 0 Å². The molecule has 0 radical (unpaired) electrons. The monoisotopic (exact) mass is 176 g/mol. The van der Waals surface area contributed by atoms with Crippen LogP contribution in [0.5, 0.6) is 0 Å². The van der Waals surface area contributed by atoms with E-state index < -0.39 is 0 Å². The summed E-state index contributed by atoms with van der Waals surface area (Å²) in [5.41, 5.74) is 0. The van der Waals surface area contributed by atoms with Crippen molar-refractivity contribution >= 4 is 18.5 Å².